The van der Waals surface area contributed by atoms with Crippen LogP contribution in [0.5, 0.6) is 0 Å². The molecule has 3 aromatic rings. The zero-order chi connectivity index (χ0) is 18.4. The minimum Gasteiger partial charge on any atom is -0.372 e. The van der Waals surface area contributed by atoms with Crippen molar-refractivity contribution in [1.82, 2.24) is 5.43 Å². The summed E-state index contributed by atoms with van der Waals surface area (Å²) in [5.41, 5.74) is 3.56. The molecule has 0 aromatic heterocycles. The normalized spacial score (nSPS) is 11.5. The molecular formula is C22H20N2O2. The second-order valence-corrected chi connectivity index (χ2v) is 6.00. The molecule has 0 unspecified atom stereocenters. The van der Waals surface area contributed by atoms with E-state index in [0.29, 0.717) is 11.1 Å². The number of rotatable bonds is 5. The maximum absolute atomic E-state index is 12.9. The molecule has 0 atom stereocenters. The van der Waals surface area contributed by atoms with E-state index in [-0.39, 0.29) is 0 Å². The summed E-state index contributed by atoms with van der Waals surface area (Å²) in [6.07, 6.45) is 1.57. The van der Waals surface area contributed by atoms with E-state index in [1.165, 1.54) is 0 Å². The van der Waals surface area contributed by atoms with E-state index in [2.05, 4.69) is 10.5 Å². The molecule has 4 nitrogen and oxygen atoms in total. The summed E-state index contributed by atoms with van der Waals surface area (Å²) in [5.74, 6) is -0.611. The summed E-state index contributed by atoms with van der Waals surface area (Å²) >= 11 is 0. The largest absolute Gasteiger partial charge is 0.372 e. The molecule has 130 valence electrons. The van der Waals surface area contributed by atoms with E-state index in [4.69, 9.17) is 0 Å². The molecule has 0 fully saturated rings. The van der Waals surface area contributed by atoms with Gasteiger partial charge in [-0.05, 0) is 29.2 Å². The fourth-order valence-electron chi connectivity index (χ4n) is 2.76. The maximum atomic E-state index is 12.9. The van der Waals surface area contributed by atoms with Crippen LogP contribution in [-0.4, -0.2) is 17.2 Å². The van der Waals surface area contributed by atoms with Crippen molar-refractivity contribution in [2.45, 2.75) is 12.5 Å². The predicted molar refractivity (Wildman–Crippen MR) is 103 cm³/mol. The van der Waals surface area contributed by atoms with E-state index >= 15 is 0 Å². The topological polar surface area (TPSA) is 61.7 Å². The molecule has 26 heavy (non-hydrogen) atoms. The first-order chi connectivity index (χ1) is 12.6. The van der Waals surface area contributed by atoms with Crippen molar-refractivity contribution in [2.24, 2.45) is 5.10 Å². The zero-order valence-electron chi connectivity index (χ0n) is 14.5. The first-order valence-electron chi connectivity index (χ1n) is 8.35. The van der Waals surface area contributed by atoms with Crippen molar-refractivity contribution in [1.29, 1.82) is 0 Å². The number of aliphatic hydroxyl groups is 1. The minimum absolute atomic E-state index is 0.481. The van der Waals surface area contributed by atoms with Crippen LogP contribution in [0.25, 0.3) is 0 Å². The van der Waals surface area contributed by atoms with Gasteiger partial charge in [-0.2, -0.15) is 5.10 Å². The van der Waals surface area contributed by atoms with E-state index in [1.807, 2.05) is 43.3 Å². The first-order valence-corrected chi connectivity index (χ1v) is 8.35. The molecule has 0 aliphatic rings. The number of hydrogen-bond donors (Lipinski definition) is 2. The van der Waals surface area contributed by atoms with Gasteiger partial charge in [0, 0.05) is 0 Å². The average Bonchev–Trinajstić information content (AvgIpc) is 2.70. The van der Waals surface area contributed by atoms with Crippen LogP contribution in [0, 0.1) is 6.92 Å². The molecule has 3 rings (SSSR count). The number of nitrogens with zero attached hydrogens (tertiary/aromatic N) is 1. The van der Waals surface area contributed by atoms with Crippen LogP contribution in [0.15, 0.2) is 90.0 Å². The third kappa shape index (κ3) is 3.55. The Kier molecular flexibility index (Phi) is 5.25. The standard InChI is InChI=1S/C22H20N2O2/c1-17-10-8-9-11-18(17)16-23-24-21(25)22(26,19-12-4-2-5-13-19)20-14-6-3-7-15-20/h2-16,26H,1H3,(H,24,25)/b23-16+. The molecule has 0 heterocycles. The average molecular weight is 344 g/mol. The second kappa shape index (κ2) is 7.76. The lowest BCUT2D eigenvalue weighted by Crippen LogP contribution is -2.43. The second-order valence-electron chi connectivity index (χ2n) is 6.00. The highest BCUT2D eigenvalue weighted by Gasteiger charge is 2.39. The van der Waals surface area contributed by atoms with Gasteiger partial charge in [-0.25, -0.2) is 5.43 Å². The van der Waals surface area contributed by atoms with Crippen molar-refractivity contribution in [3.05, 3.63) is 107 Å². The molecule has 0 spiro atoms. The Bertz CT molecular complexity index is 866. The van der Waals surface area contributed by atoms with Gasteiger partial charge in [-0.1, -0.05) is 84.9 Å². The highest BCUT2D eigenvalue weighted by atomic mass is 16.3. The van der Waals surface area contributed by atoms with Gasteiger partial charge < -0.3 is 5.11 Å². The number of benzene rings is 3. The van der Waals surface area contributed by atoms with Crippen LogP contribution < -0.4 is 5.43 Å². The summed E-state index contributed by atoms with van der Waals surface area (Å²) in [6.45, 7) is 1.97. The monoisotopic (exact) mass is 344 g/mol. The molecule has 0 aliphatic heterocycles. The van der Waals surface area contributed by atoms with E-state index in [1.54, 1.807) is 54.7 Å². The third-order valence-electron chi connectivity index (χ3n) is 4.27. The summed E-state index contributed by atoms with van der Waals surface area (Å²) < 4.78 is 0. The van der Waals surface area contributed by atoms with Crippen LogP contribution in [0.4, 0.5) is 0 Å². The number of hydrogen-bond acceptors (Lipinski definition) is 3. The van der Waals surface area contributed by atoms with Crippen LogP contribution in [0.2, 0.25) is 0 Å². The Morgan fingerprint density at radius 1 is 0.885 bits per heavy atom. The lowest BCUT2D eigenvalue weighted by atomic mass is 9.85. The van der Waals surface area contributed by atoms with Crippen molar-refractivity contribution in [3.63, 3.8) is 0 Å². The van der Waals surface area contributed by atoms with Gasteiger partial charge in [0.25, 0.3) is 5.91 Å². The van der Waals surface area contributed by atoms with Crippen molar-refractivity contribution in [3.8, 4) is 0 Å². The van der Waals surface area contributed by atoms with Gasteiger partial charge in [0.1, 0.15) is 0 Å². The Balaban J connectivity index is 1.90. The van der Waals surface area contributed by atoms with Gasteiger partial charge in [0.2, 0.25) is 0 Å². The summed E-state index contributed by atoms with van der Waals surface area (Å²) in [7, 11) is 0. The smallest absolute Gasteiger partial charge is 0.281 e. The van der Waals surface area contributed by atoms with Gasteiger partial charge in [-0.15, -0.1) is 0 Å². The molecule has 4 heteroatoms. The fraction of sp³-hybridized carbons (Fsp3) is 0.0909. The molecule has 0 bridgehead atoms. The number of amides is 1. The molecule has 1 amide bonds. The Morgan fingerprint density at radius 3 is 1.92 bits per heavy atom. The first kappa shape index (κ1) is 17.6. The quantitative estimate of drug-likeness (QED) is 0.550. The fourth-order valence-corrected chi connectivity index (χ4v) is 2.76. The number of aryl methyl sites for hydroxylation is 1. The zero-order valence-corrected chi connectivity index (χ0v) is 14.5. The molecule has 0 aliphatic carbocycles. The number of hydrazone groups is 1. The van der Waals surface area contributed by atoms with Crippen LogP contribution in [-0.2, 0) is 10.4 Å². The van der Waals surface area contributed by atoms with E-state index in [9.17, 15) is 9.90 Å². The van der Waals surface area contributed by atoms with Crippen LogP contribution >= 0.6 is 0 Å². The minimum atomic E-state index is -1.83. The van der Waals surface area contributed by atoms with Gasteiger partial charge in [-0.3, -0.25) is 4.79 Å². The number of carbonyl (C=O) groups excluding carboxylic acids is 1. The molecule has 0 saturated carbocycles. The van der Waals surface area contributed by atoms with Crippen molar-refractivity contribution >= 4 is 12.1 Å². The number of nitrogens with one attached hydrogen (secondary N) is 1. The van der Waals surface area contributed by atoms with Gasteiger partial charge in [0.05, 0.1) is 6.21 Å². The molecular weight excluding hydrogens is 324 g/mol. The molecule has 0 saturated heterocycles. The highest BCUT2D eigenvalue weighted by Crippen LogP contribution is 2.29. The summed E-state index contributed by atoms with van der Waals surface area (Å²) in [4.78, 5) is 12.9. The Morgan fingerprint density at radius 2 is 1.38 bits per heavy atom. The number of carbonyl (C=O) groups is 1. The van der Waals surface area contributed by atoms with E-state index in [0.717, 1.165) is 11.1 Å². The van der Waals surface area contributed by atoms with Gasteiger partial charge in [0.15, 0.2) is 5.60 Å². The Hall–Kier alpha value is -3.24. The maximum Gasteiger partial charge on any atom is 0.281 e. The highest BCUT2D eigenvalue weighted by molar-refractivity contribution is 5.91. The SMILES string of the molecule is Cc1ccccc1/C=N/NC(=O)C(O)(c1ccccc1)c1ccccc1. The molecule has 3 aromatic carbocycles. The predicted octanol–water partition coefficient (Wildman–Crippen LogP) is 3.38. The van der Waals surface area contributed by atoms with E-state index < -0.39 is 11.5 Å². The lowest BCUT2D eigenvalue weighted by molar-refractivity contribution is -0.136. The summed E-state index contributed by atoms with van der Waals surface area (Å²) in [5, 5.41) is 15.3. The van der Waals surface area contributed by atoms with Crippen molar-refractivity contribution in [2.75, 3.05) is 0 Å². The third-order valence-corrected chi connectivity index (χ3v) is 4.27. The Labute approximate surface area is 152 Å². The van der Waals surface area contributed by atoms with Crippen molar-refractivity contribution < 1.29 is 9.90 Å². The molecule has 0 radical (unpaired) electrons. The van der Waals surface area contributed by atoms with Gasteiger partial charge >= 0.3 is 0 Å². The van der Waals surface area contributed by atoms with Crippen LogP contribution in [0.3, 0.4) is 0 Å². The summed E-state index contributed by atoms with van der Waals surface area (Å²) in [6, 6.07) is 25.4. The molecule has 2 N–H and O–H groups in total. The lowest BCUT2D eigenvalue weighted by Gasteiger charge is -2.27. The van der Waals surface area contributed by atoms with Crippen LogP contribution in [0.1, 0.15) is 22.3 Å².